The van der Waals surface area contributed by atoms with E-state index in [2.05, 4.69) is 4.98 Å². The Balaban J connectivity index is 2.89. The number of benzene rings is 1. The zero-order valence-corrected chi connectivity index (χ0v) is 12.7. The molecule has 0 bridgehead atoms. The van der Waals surface area contributed by atoms with Crippen molar-refractivity contribution in [3.8, 4) is 0 Å². The molecule has 0 aliphatic heterocycles. The maximum absolute atomic E-state index is 13.8. The molecule has 1 aromatic carbocycles. The predicted molar refractivity (Wildman–Crippen MR) is 75.7 cm³/mol. The first-order chi connectivity index (χ1) is 11.6. The molecule has 3 N–H and O–H groups in total. The van der Waals surface area contributed by atoms with Crippen LogP contribution in [0.5, 0.6) is 0 Å². The quantitative estimate of drug-likeness (QED) is 0.214. The summed E-state index contributed by atoms with van der Waals surface area (Å²) in [6.07, 6.45) is -4.98. The second-order valence-electron chi connectivity index (χ2n) is 4.61. The first-order valence-corrected chi connectivity index (χ1v) is 6.72. The van der Waals surface area contributed by atoms with Crippen molar-refractivity contribution in [2.45, 2.75) is 6.18 Å². The molecule has 0 aliphatic carbocycles. The number of nitrogens with two attached hydrogens (primary N) is 1. The second-order valence-corrected chi connectivity index (χ2v) is 4.97. The number of halogens is 6. The standard InChI is InChI=1S/C14H7ClF5N3O2/c15-12-10(13(25)23-21)8(5(4-22-12)14(18,19)20)11(24)9-6(16)2-1-3-7(9)17/h1-4H,21H2,(H,23,25). The number of nitrogen functional groups attached to an aromatic ring is 1. The number of rotatable bonds is 3. The predicted octanol–water partition coefficient (Wildman–Crippen LogP) is 2.87. The molecule has 132 valence electrons. The average Bonchev–Trinajstić information content (AvgIpc) is 2.52. The summed E-state index contributed by atoms with van der Waals surface area (Å²) in [5.74, 6) is -1.07. The summed E-state index contributed by atoms with van der Waals surface area (Å²) in [7, 11) is 0. The first kappa shape index (κ1) is 18.7. The maximum atomic E-state index is 13.8. The number of pyridine rings is 1. The molecular formula is C14H7ClF5N3O2. The van der Waals surface area contributed by atoms with Crippen LogP contribution in [0.15, 0.2) is 24.4 Å². The van der Waals surface area contributed by atoms with E-state index in [1.807, 2.05) is 0 Å². The van der Waals surface area contributed by atoms with Crippen molar-refractivity contribution in [1.29, 1.82) is 0 Å². The highest BCUT2D eigenvalue weighted by Gasteiger charge is 2.40. The van der Waals surface area contributed by atoms with Gasteiger partial charge in [0.05, 0.1) is 22.3 Å². The molecule has 0 saturated heterocycles. The highest BCUT2D eigenvalue weighted by Crippen LogP contribution is 2.36. The number of hydrogen-bond donors (Lipinski definition) is 2. The van der Waals surface area contributed by atoms with Crippen LogP contribution in [0.25, 0.3) is 0 Å². The van der Waals surface area contributed by atoms with E-state index >= 15 is 0 Å². The topological polar surface area (TPSA) is 85.1 Å². The molecule has 0 unspecified atom stereocenters. The highest BCUT2D eigenvalue weighted by atomic mass is 35.5. The third kappa shape index (κ3) is 3.44. The smallest absolute Gasteiger partial charge is 0.290 e. The fourth-order valence-electron chi connectivity index (χ4n) is 2.06. The SMILES string of the molecule is NNC(=O)c1c(Cl)ncc(C(F)(F)F)c1C(=O)c1c(F)cccc1F. The molecule has 0 radical (unpaired) electrons. The molecular weight excluding hydrogens is 373 g/mol. The molecule has 1 amide bonds. The number of amides is 1. The van der Waals surface area contributed by atoms with Crippen LogP contribution in [0.1, 0.15) is 31.8 Å². The molecule has 1 aromatic heterocycles. The van der Waals surface area contributed by atoms with E-state index < -0.39 is 56.9 Å². The fraction of sp³-hybridized carbons (Fsp3) is 0.0714. The zero-order chi connectivity index (χ0) is 18.9. The summed E-state index contributed by atoms with van der Waals surface area (Å²) < 4.78 is 67.3. The van der Waals surface area contributed by atoms with Gasteiger partial charge in [0.15, 0.2) is 0 Å². The maximum Gasteiger partial charge on any atom is 0.418 e. The number of ketones is 1. The van der Waals surface area contributed by atoms with Crippen LogP contribution < -0.4 is 11.3 Å². The average molecular weight is 380 g/mol. The van der Waals surface area contributed by atoms with E-state index in [0.717, 1.165) is 6.07 Å². The largest absolute Gasteiger partial charge is 0.418 e. The minimum absolute atomic E-state index is 0.182. The molecule has 1 heterocycles. The molecule has 11 heteroatoms. The number of nitrogens with zero attached hydrogens (tertiary/aromatic N) is 1. The summed E-state index contributed by atoms with van der Waals surface area (Å²) >= 11 is 5.60. The van der Waals surface area contributed by atoms with Gasteiger partial charge in [-0.1, -0.05) is 17.7 Å². The Morgan fingerprint density at radius 3 is 2.12 bits per heavy atom. The number of hydrazine groups is 1. The van der Waals surface area contributed by atoms with Gasteiger partial charge in [-0.15, -0.1) is 0 Å². The van der Waals surface area contributed by atoms with Crippen molar-refractivity contribution in [2.24, 2.45) is 5.84 Å². The van der Waals surface area contributed by atoms with Crippen LogP contribution in [-0.4, -0.2) is 16.7 Å². The van der Waals surface area contributed by atoms with Crippen LogP contribution in [-0.2, 0) is 6.18 Å². The van der Waals surface area contributed by atoms with E-state index in [9.17, 15) is 31.5 Å². The van der Waals surface area contributed by atoms with Gasteiger partial charge in [0.2, 0.25) is 5.78 Å². The molecule has 25 heavy (non-hydrogen) atoms. The van der Waals surface area contributed by atoms with Crippen molar-refractivity contribution in [1.82, 2.24) is 10.4 Å². The van der Waals surface area contributed by atoms with Gasteiger partial charge < -0.3 is 0 Å². The first-order valence-electron chi connectivity index (χ1n) is 6.35. The molecule has 0 fully saturated rings. The number of aromatic nitrogens is 1. The summed E-state index contributed by atoms with van der Waals surface area (Å²) in [6, 6.07) is 2.27. The van der Waals surface area contributed by atoms with Gasteiger partial charge in [0.25, 0.3) is 5.91 Å². The van der Waals surface area contributed by atoms with E-state index in [-0.39, 0.29) is 6.20 Å². The Morgan fingerprint density at radius 1 is 1.08 bits per heavy atom. The minimum Gasteiger partial charge on any atom is -0.290 e. The van der Waals surface area contributed by atoms with Crippen LogP contribution in [0.2, 0.25) is 5.15 Å². The van der Waals surface area contributed by atoms with E-state index in [1.165, 1.54) is 5.43 Å². The Labute approximate surface area is 141 Å². The number of nitrogens with one attached hydrogen (secondary N) is 1. The molecule has 0 atom stereocenters. The lowest BCUT2D eigenvalue weighted by atomic mass is 9.94. The van der Waals surface area contributed by atoms with Gasteiger partial charge in [0, 0.05) is 6.20 Å². The lowest BCUT2D eigenvalue weighted by Gasteiger charge is -2.16. The third-order valence-electron chi connectivity index (χ3n) is 3.11. The molecule has 0 aliphatic rings. The molecule has 2 rings (SSSR count). The molecule has 2 aromatic rings. The Bertz CT molecular complexity index is 850. The minimum atomic E-state index is -5.16. The lowest BCUT2D eigenvalue weighted by molar-refractivity contribution is -0.138. The van der Waals surface area contributed by atoms with E-state index in [1.54, 1.807) is 0 Å². The van der Waals surface area contributed by atoms with Gasteiger partial charge in [0.1, 0.15) is 16.8 Å². The van der Waals surface area contributed by atoms with Gasteiger partial charge >= 0.3 is 6.18 Å². The third-order valence-corrected chi connectivity index (χ3v) is 3.40. The van der Waals surface area contributed by atoms with Crippen molar-refractivity contribution < 1.29 is 31.5 Å². The molecule has 5 nitrogen and oxygen atoms in total. The molecule has 0 spiro atoms. The van der Waals surface area contributed by atoms with Crippen LogP contribution in [0.4, 0.5) is 22.0 Å². The zero-order valence-electron chi connectivity index (χ0n) is 11.9. The van der Waals surface area contributed by atoms with E-state index in [0.29, 0.717) is 12.1 Å². The van der Waals surface area contributed by atoms with Crippen LogP contribution >= 0.6 is 11.6 Å². The van der Waals surface area contributed by atoms with Gasteiger partial charge in [-0.05, 0) is 12.1 Å². The van der Waals surface area contributed by atoms with Crippen LogP contribution in [0.3, 0.4) is 0 Å². The fourth-order valence-corrected chi connectivity index (χ4v) is 2.29. The molecule has 0 saturated carbocycles. The Morgan fingerprint density at radius 2 is 1.64 bits per heavy atom. The van der Waals surface area contributed by atoms with E-state index in [4.69, 9.17) is 17.4 Å². The highest BCUT2D eigenvalue weighted by molar-refractivity contribution is 6.34. The van der Waals surface area contributed by atoms with Gasteiger partial charge in [-0.3, -0.25) is 15.0 Å². The number of carbonyl (C=O) groups is 2. The summed E-state index contributed by atoms with van der Waals surface area (Å²) in [6.45, 7) is 0. The second kappa shape index (κ2) is 6.73. The number of carbonyl (C=O) groups excluding carboxylic acids is 2. The van der Waals surface area contributed by atoms with Crippen LogP contribution in [0, 0.1) is 11.6 Å². The lowest BCUT2D eigenvalue weighted by Crippen LogP contribution is -2.33. The summed E-state index contributed by atoms with van der Waals surface area (Å²) in [5, 5.41) is -0.795. The van der Waals surface area contributed by atoms with Crippen molar-refractivity contribution >= 4 is 23.3 Å². The monoisotopic (exact) mass is 379 g/mol. The summed E-state index contributed by atoms with van der Waals surface area (Å²) in [5.41, 5.74) is -3.87. The number of alkyl halides is 3. The van der Waals surface area contributed by atoms with Crippen molar-refractivity contribution in [3.63, 3.8) is 0 Å². The Kier molecular flexibility index (Phi) is 5.04. The van der Waals surface area contributed by atoms with Gasteiger partial charge in [-0.2, -0.15) is 13.2 Å². The number of hydrogen-bond acceptors (Lipinski definition) is 4. The van der Waals surface area contributed by atoms with Crippen molar-refractivity contribution in [2.75, 3.05) is 0 Å². The normalized spacial score (nSPS) is 11.3. The van der Waals surface area contributed by atoms with Crippen molar-refractivity contribution in [3.05, 3.63) is 63.4 Å². The Hall–Kier alpha value is -2.59. The summed E-state index contributed by atoms with van der Waals surface area (Å²) in [4.78, 5) is 27.4. The van der Waals surface area contributed by atoms with Gasteiger partial charge in [-0.25, -0.2) is 19.6 Å².